The lowest BCUT2D eigenvalue weighted by atomic mass is 9.76. The number of phenolic OH excluding ortho intramolecular Hbond substituents is 1. The summed E-state index contributed by atoms with van der Waals surface area (Å²) >= 11 is 0. The van der Waals surface area contributed by atoms with Crippen molar-refractivity contribution in [1.82, 2.24) is 0 Å². The predicted octanol–water partition coefficient (Wildman–Crippen LogP) is 8.76. The topological polar surface area (TPSA) is 29.5 Å². The summed E-state index contributed by atoms with van der Waals surface area (Å²) in [5.41, 5.74) is 1.54. The summed E-state index contributed by atoms with van der Waals surface area (Å²) in [6.07, 6.45) is 5.89. The lowest BCUT2D eigenvalue weighted by molar-refractivity contribution is 0.303. The third-order valence-electron chi connectivity index (χ3n) is 6.32. The molecule has 1 aliphatic rings. The quantitative estimate of drug-likeness (QED) is 0.237. The Morgan fingerprint density at radius 3 is 2.21 bits per heavy atom. The van der Waals surface area contributed by atoms with Crippen molar-refractivity contribution in [2.45, 2.75) is 44.4 Å². The van der Waals surface area contributed by atoms with Gasteiger partial charge in [-0.05, 0) is 79.2 Å². The maximum absolute atomic E-state index is 14.9. The van der Waals surface area contributed by atoms with Crippen LogP contribution in [0.15, 0.2) is 85.9 Å². The lowest BCUT2D eigenvalue weighted by Crippen LogP contribution is -2.15. The number of methoxy groups -OCH3 is 1. The van der Waals surface area contributed by atoms with E-state index in [0.29, 0.717) is 29.0 Å². The van der Waals surface area contributed by atoms with Gasteiger partial charge in [0.2, 0.25) is 0 Å². The smallest absolute Gasteiger partial charge is 0.166 e. The minimum absolute atomic E-state index is 0.0283. The van der Waals surface area contributed by atoms with Crippen LogP contribution in [0, 0.1) is 17.6 Å². The van der Waals surface area contributed by atoms with Crippen molar-refractivity contribution in [2.75, 3.05) is 7.11 Å². The zero-order valence-corrected chi connectivity index (χ0v) is 19.8. The molecule has 0 heterocycles. The summed E-state index contributed by atoms with van der Waals surface area (Å²) in [6, 6.07) is 9.32. The second kappa shape index (κ2) is 12.9. The highest BCUT2D eigenvalue weighted by molar-refractivity contribution is 5.65. The number of phenols is 1. The highest BCUT2D eigenvalue weighted by Crippen LogP contribution is 2.40. The first-order valence-corrected chi connectivity index (χ1v) is 11.4. The first kappa shape index (κ1) is 27.0. The largest absolute Gasteiger partial charge is 0.508 e. The number of halogens is 3. The predicted molar refractivity (Wildman–Crippen MR) is 133 cm³/mol. The van der Waals surface area contributed by atoms with Gasteiger partial charge >= 0.3 is 0 Å². The average molecular weight is 471 g/mol. The number of benzene rings is 2. The van der Waals surface area contributed by atoms with Crippen LogP contribution in [0.1, 0.15) is 50.0 Å². The minimum Gasteiger partial charge on any atom is -0.508 e. The third kappa shape index (κ3) is 6.89. The molecular formula is C29H33F3O2. The zero-order valence-electron chi connectivity index (χ0n) is 19.8. The van der Waals surface area contributed by atoms with E-state index in [4.69, 9.17) is 4.74 Å². The molecule has 0 aliphatic heterocycles. The van der Waals surface area contributed by atoms with Crippen molar-refractivity contribution < 1.29 is 23.0 Å². The van der Waals surface area contributed by atoms with Crippen molar-refractivity contribution in [3.8, 4) is 16.9 Å². The van der Waals surface area contributed by atoms with Crippen molar-refractivity contribution in [1.29, 1.82) is 0 Å². The fourth-order valence-corrected chi connectivity index (χ4v) is 4.31. The van der Waals surface area contributed by atoms with Gasteiger partial charge in [-0.2, -0.15) is 0 Å². The van der Waals surface area contributed by atoms with Crippen LogP contribution < -0.4 is 0 Å². The van der Waals surface area contributed by atoms with Crippen LogP contribution >= 0.6 is 0 Å². The molecule has 0 radical (unpaired) electrons. The molecule has 0 spiro atoms. The highest BCUT2D eigenvalue weighted by atomic mass is 19.2. The molecule has 34 heavy (non-hydrogen) atoms. The maximum atomic E-state index is 14.9. The zero-order chi connectivity index (χ0) is 25.3. The van der Waals surface area contributed by atoms with Gasteiger partial charge in [0.15, 0.2) is 11.6 Å². The van der Waals surface area contributed by atoms with E-state index in [2.05, 4.69) is 26.3 Å². The van der Waals surface area contributed by atoms with Crippen LogP contribution in [-0.2, 0) is 4.74 Å². The Bertz CT molecular complexity index is 1020. The van der Waals surface area contributed by atoms with E-state index in [1.54, 1.807) is 24.3 Å². The Labute approximate surface area is 200 Å². The van der Waals surface area contributed by atoms with E-state index in [1.807, 2.05) is 0 Å². The number of allylic oxidation sites excluding steroid dienone is 3. The van der Waals surface area contributed by atoms with E-state index < -0.39 is 17.5 Å². The van der Waals surface area contributed by atoms with Gasteiger partial charge in [0, 0.05) is 11.6 Å². The van der Waals surface area contributed by atoms with Crippen LogP contribution in [0.3, 0.4) is 0 Å². The van der Waals surface area contributed by atoms with E-state index >= 15 is 0 Å². The fraction of sp³-hybridized carbons (Fsp3) is 0.310. The number of ether oxygens (including phenoxy) is 1. The molecule has 1 N–H and O–H groups in total. The van der Waals surface area contributed by atoms with E-state index in [0.717, 1.165) is 32.1 Å². The monoisotopic (exact) mass is 470 g/mol. The number of rotatable bonds is 8. The molecule has 2 aromatic rings. The van der Waals surface area contributed by atoms with Gasteiger partial charge in [0.05, 0.1) is 7.11 Å². The van der Waals surface area contributed by atoms with Gasteiger partial charge in [-0.25, -0.2) is 13.2 Å². The minimum atomic E-state index is -0.855. The Morgan fingerprint density at radius 2 is 1.62 bits per heavy atom. The summed E-state index contributed by atoms with van der Waals surface area (Å²) in [4.78, 5) is 0. The maximum Gasteiger partial charge on any atom is 0.166 e. The summed E-state index contributed by atoms with van der Waals surface area (Å²) in [5.74, 6) is -1.37. The summed E-state index contributed by atoms with van der Waals surface area (Å²) in [5, 5.41) is 9.40. The molecule has 0 unspecified atom stereocenters. The standard InChI is InChI=1S/C27H29F3O2.C2H4/c1-17(25(28)16-18(2)32-3)4-5-19-6-8-20(9-7-19)23-14-15-24(27(30)26(23)29)21-10-12-22(31)13-11-21;1-2/h10-16,19-20,31H,1-2,4-9H2,3H3;1-2H2/b25-16+;. The average Bonchev–Trinajstić information content (AvgIpc) is 2.86. The van der Waals surface area contributed by atoms with E-state index in [9.17, 15) is 18.3 Å². The Kier molecular flexibility index (Phi) is 10.2. The van der Waals surface area contributed by atoms with Crippen molar-refractivity contribution in [3.05, 3.63) is 103 Å². The lowest BCUT2D eigenvalue weighted by Gasteiger charge is -2.29. The molecule has 1 fully saturated rings. The molecule has 0 atom stereocenters. The first-order chi connectivity index (χ1) is 16.3. The van der Waals surface area contributed by atoms with Crippen LogP contribution in [0.2, 0.25) is 0 Å². The normalized spacial score (nSPS) is 17.9. The summed E-state index contributed by atoms with van der Waals surface area (Å²) < 4.78 is 48.6. The molecule has 1 aliphatic carbocycles. The summed E-state index contributed by atoms with van der Waals surface area (Å²) in [7, 11) is 1.43. The van der Waals surface area contributed by atoms with Gasteiger partial charge in [-0.3, -0.25) is 0 Å². The molecule has 0 amide bonds. The van der Waals surface area contributed by atoms with Gasteiger partial charge in [-0.15, -0.1) is 13.2 Å². The highest BCUT2D eigenvalue weighted by Gasteiger charge is 2.26. The number of hydrogen-bond donors (Lipinski definition) is 1. The van der Waals surface area contributed by atoms with Crippen LogP contribution in [-0.4, -0.2) is 12.2 Å². The van der Waals surface area contributed by atoms with E-state index in [1.165, 1.54) is 25.3 Å². The summed E-state index contributed by atoms with van der Waals surface area (Å²) in [6.45, 7) is 13.4. The number of aromatic hydroxyl groups is 1. The van der Waals surface area contributed by atoms with Crippen molar-refractivity contribution >= 4 is 0 Å². The Hall–Kier alpha value is -3.21. The third-order valence-corrected chi connectivity index (χ3v) is 6.32. The number of hydrogen-bond acceptors (Lipinski definition) is 2. The van der Waals surface area contributed by atoms with Crippen LogP contribution in [0.5, 0.6) is 5.75 Å². The van der Waals surface area contributed by atoms with E-state index in [-0.39, 0.29) is 23.0 Å². The molecule has 1 saturated carbocycles. The molecule has 3 rings (SSSR count). The molecule has 0 aromatic heterocycles. The molecular weight excluding hydrogens is 437 g/mol. The van der Waals surface area contributed by atoms with Crippen LogP contribution in [0.4, 0.5) is 13.2 Å². The van der Waals surface area contributed by atoms with Gasteiger partial charge in [-0.1, -0.05) is 37.4 Å². The second-order valence-corrected chi connectivity index (χ2v) is 8.40. The molecule has 5 heteroatoms. The SMILES string of the molecule is C=C.C=C(/C=C(/F)C(=C)CCC1CCC(c2ccc(-c3ccc(O)cc3)c(F)c2F)CC1)OC. The molecule has 2 aromatic carbocycles. The second-order valence-electron chi connectivity index (χ2n) is 8.40. The Morgan fingerprint density at radius 1 is 1.00 bits per heavy atom. The van der Waals surface area contributed by atoms with Crippen molar-refractivity contribution in [2.24, 2.45) is 5.92 Å². The van der Waals surface area contributed by atoms with Gasteiger partial charge < -0.3 is 9.84 Å². The molecule has 0 saturated heterocycles. The van der Waals surface area contributed by atoms with Crippen molar-refractivity contribution in [3.63, 3.8) is 0 Å². The van der Waals surface area contributed by atoms with Gasteiger partial charge in [0.25, 0.3) is 0 Å². The molecule has 2 nitrogen and oxygen atoms in total. The first-order valence-electron chi connectivity index (χ1n) is 11.4. The van der Waals surface area contributed by atoms with Crippen LogP contribution in [0.25, 0.3) is 11.1 Å². The van der Waals surface area contributed by atoms with Gasteiger partial charge in [0.1, 0.15) is 17.3 Å². The molecule has 182 valence electrons. The fourth-order valence-electron chi connectivity index (χ4n) is 4.31. The Balaban J connectivity index is 0.00000199. The molecule has 0 bridgehead atoms.